The number of sulfone groups is 1. The van der Waals surface area contributed by atoms with Crippen molar-refractivity contribution in [1.29, 1.82) is 0 Å². The van der Waals surface area contributed by atoms with Gasteiger partial charge in [0.15, 0.2) is 0 Å². The van der Waals surface area contributed by atoms with Gasteiger partial charge in [-0.1, -0.05) is 36.1 Å². The number of benzene rings is 1. The van der Waals surface area contributed by atoms with Gasteiger partial charge in [0.25, 0.3) is 5.16 Å². The Morgan fingerprint density at radius 3 is 2.54 bits per heavy atom. The maximum Gasteiger partial charge on any atom is 0.305 e. The van der Waals surface area contributed by atoms with Gasteiger partial charge in [-0.05, 0) is 35.4 Å². The molecular weight excluding hydrogens is 332 g/mol. The Hall–Kier alpha value is -2.29. The molecule has 0 amide bonds. The molecule has 2 aromatic rings. The number of carbonyl (C=O) groups excluding carboxylic acids is 1. The topological polar surface area (TPSA) is 104 Å². The monoisotopic (exact) mass is 352 g/mol. The normalized spacial score (nSPS) is 11.4. The number of ether oxygens (including phenoxy) is 1. The van der Waals surface area contributed by atoms with Crippen LogP contribution in [0.25, 0.3) is 5.69 Å². The highest BCUT2D eigenvalue weighted by atomic mass is 32.2. The van der Waals surface area contributed by atoms with Crippen LogP contribution in [0, 0.1) is 0 Å². The molecule has 0 radical (unpaired) electrons. The molecule has 0 fully saturated rings. The van der Waals surface area contributed by atoms with Crippen molar-refractivity contribution >= 4 is 15.8 Å². The summed E-state index contributed by atoms with van der Waals surface area (Å²) in [6.07, 6.45) is 3.02. The number of aromatic nitrogens is 4. The first-order valence-corrected chi connectivity index (χ1v) is 9.33. The number of hydrogen-bond donors (Lipinski definition) is 0. The zero-order valence-electron chi connectivity index (χ0n) is 13.5. The van der Waals surface area contributed by atoms with Gasteiger partial charge >= 0.3 is 5.97 Å². The number of carbonyl (C=O) groups is 1. The fourth-order valence-electron chi connectivity index (χ4n) is 2.21. The third kappa shape index (κ3) is 4.85. The molecule has 0 aliphatic rings. The van der Waals surface area contributed by atoms with Crippen molar-refractivity contribution in [3.63, 3.8) is 0 Å². The minimum Gasteiger partial charge on any atom is -0.469 e. The summed E-state index contributed by atoms with van der Waals surface area (Å²) in [6, 6.07) is 8.88. The van der Waals surface area contributed by atoms with Crippen LogP contribution in [0.1, 0.15) is 32.1 Å². The van der Waals surface area contributed by atoms with Gasteiger partial charge in [-0.3, -0.25) is 4.79 Å². The number of esters is 1. The van der Waals surface area contributed by atoms with Gasteiger partial charge in [0.05, 0.1) is 18.6 Å². The summed E-state index contributed by atoms with van der Waals surface area (Å²) in [4.78, 5) is 11.0. The second-order valence-electron chi connectivity index (χ2n) is 5.27. The zero-order valence-corrected chi connectivity index (χ0v) is 14.3. The minimum absolute atomic E-state index is 0.0293. The van der Waals surface area contributed by atoms with Gasteiger partial charge in [0.1, 0.15) is 0 Å². The molecule has 1 aromatic carbocycles. The average Bonchev–Trinajstić information content (AvgIpc) is 3.09. The van der Waals surface area contributed by atoms with Crippen molar-refractivity contribution in [2.24, 2.45) is 0 Å². The molecule has 2 rings (SSSR count). The maximum absolute atomic E-state index is 12.4. The Kier molecular flexibility index (Phi) is 6.42. The lowest BCUT2D eigenvalue weighted by Crippen LogP contribution is -2.14. The van der Waals surface area contributed by atoms with Crippen LogP contribution in [-0.2, 0) is 19.4 Å². The molecule has 130 valence electrons. The molecule has 0 N–H and O–H groups in total. The van der Waals surface area contributed by atoms with Gasteiger partial charge in [-0.25, -0.2) is 8.42 Å². The molecule has 0 saturated heterocycles. The summed E-state index contributed by atoms with van der Waals surface area (Å²) in [7, 11) is -2.22. The first kappa shape index (κ1) is 18.1. The van der Waals surface area contributed by atoms with Crippen LogP contribution in [0.2, 0.25) is 0 Å². The van der Waals surface area contributed by atoms with Crippen molar-refractivity contribution in [2.45, 2.75) is 37.3 Å². The zero-order chi connectivity index (χ0) is 17.4. The average molecular weight is 352 g/mol. The van der Waals surface area contributed by atoms with Crippen LogP contribution in [-0.4, -0.2) is 47.5 Å². The third-order valence-corrected chi connectivity index (χ3v) is 5.13. The van der Waals surface area contributed by atoms with E-state index in [0.717, 1.165) is 6.42 Å². The van der Waals surface area contributed by atoms with Crippen molar-refractivity contribution in [1.82, 2.24) is 20.2 Å². The molecule has 0 aliphatic heterocycles. The molecule has 1 heterocycles. The molecule has 8 nitrogen and oxygen atoms in total. The van der Waals surface area contributed by atoms with Crippen molar-refractivity contribution < 1.29 is 17.9 Å². The number of rotatable bonds is 9. The largest absolute Gasteiger partial charge is 0.469 e. The first-order valence-electron chi connectivity index (χ1n) is 7.68. The maximum atomic E-state index is 12.4. The van der Waals surface area contributed by atoms with Gasteiger partial charge in [0.2, 0.25) is 9.84 Å². The minimum atomic E-state index is -3.57. The van der Waals surface area contributed by atoms with E-state index in [0.29, 0.717) is 31.4 Å². The molecule has 0 atom stereocenters. The van der Waals surface area contributed by atoms with E-state index in [1.807, 2.05) is 6.07 Å². The van der Waals surface area contributed by atoms with E-state index in [2.05, 4.69) is 20.3 Å². The summed E-state index contributed by atoms with van der Waals surface area (Å²) in [5, 5.41) is 10.8. The predicted octanol–water partition coefficient (Wildman–Crippen LogP) is 1.56. The van der Waals surface area contributed by atoms with Crippen LogP contribution < -0.4 is 0 Å². The number of para-hydroxylation sites is 1. The van der Waals surface area contributed by atoms with E-state index in [4.69, 9.17) is 0 Å². The van der Waals surface area contributed by atoms with Crippen molar-refractivity contribution in [3.05, 3.63) is 30.3 Å². The Morgan fingerprint density at radius 2 is 1.83 bits per heavy atom. The highest BCUT2D eigenvalue weighted by Crippen LogP contribution is 2.15. The number of nitrogens with zero attached hydrogens (tertiary/aromatic N) is 4. The fraction of sp³-hybridized carbons (Fsp3) is 0.467. The van der Waals surface area contributed by atoms with Gasteiger partial charge in [-0.15, -0.1) is 0 Å². The van der Waals surface area contributed by atoms with Crippen LogP contribution in [0.5, 0.6) is 0 Å². The summed E-state index contributed by atoms with van der Waals surface area (Å²) >= 11 is 0. The third-order valence-electron chi connectivity index (χ3n) is 3.49. The SMILES string of the molecule is COC(=O)CCCCCCS(=O)(=O)c1nnnn1-c1ccccc1. The Morgan fingerprint density at radius 1 is 1.12 bits per heavy atom. The molecule has 9 heteroatoms. The van der Waals surface area contributed by atoms with E-state index in [1.165, 1.54) is 11.8 Å². The lowest BCUT2D eigenvalue weighted by molar-refractivity contribution is -0.140. The molecule has 0 saturated carbocycles. The second kappa shape index (κ2) is 8.53. The highest BCUT2D eigenvalue weighted by molar-refractivity contribution is 7.91. The molecule has 24 heavy (non-hydrogen) atoms. The van der Waals surface area contributed by atoms with Crippen molar-refractivity contribution in [3.8, 4) is 5.69 Å². The highest BCUT2D eigenvalue weighted by Gasteiger charge is 2.23. The standard InChI is InChI=1S/C15H20N4O4S/c1-23-14(20)11-7-2-3-8-12-24(21,22)15-16-17-18-19(15)13-9-5-4-6-10-13/h4-6,9-10H,2-3,7-8,11-12H2,1H3. The van der Waals surface area contributed by atoms with E-state index >= 15 is 0 Å². The quantitative estimate of drug-likeness (QED) is 0.498. The number of methoxy groups -OCH3 is 1. The van der Waals surface area contributed by atoms with Crippen LogP contribution in [0.15, 0.2) is 35.5 Å². The second-order valence-corrected chi connectivity index (χ2v) is 7.27. The number of unbranched alkanes of at least 4 members (excludes halogenated alkanes) is 3. The summed E-state index contributed by atoms with van der Waals surface area (Å²) in [5.74, 6) is -0.275. The number of hydrogen-bond acceptors (Lipinski definition) is 7. The lowest BCUT2D eigenvalue weighted by atomic mass is 10.1. The smallest absolute Gasteiger partial charge is 0.305 e. The fourth-order valence-corrected chi connectivity index (χ4v) is 3.55. The first-order chi connectivity index (χ1) is 11.5. The Labute approximate surface area is 140 Å². The molecule has 0 aliphatic carbocycles. The van der Waals surface area contributed by atoms with E-state index in [-0.39, 0.29) is 16.9 Å². The molecule has 0 bridgehead atoms. The molecular formula is C15H20N4O4S. The van der Waals surface area contributed by atoms with Crippen LogP contribution >= 0.6 is 0 Å². The molecule has 1 aromatic heterocycles. The predicted molar refractivity (Wildman–Crippen MR) is 86.3 cm³/mol. The lowest BCUT2D eigenvalue weighted by Gasteiger charge is -2.05. The summed E-state index contributed by atoms with van der Waals surface area (Å²) in [5.41, 5.74) is 0.596. The summed E-state index contributed by atoms with van der Waals surface area (Å²) < 4.78 is 30.7. The van der Waals surface area contributed by atoms with E-state index in [1.54, 1.807) is 24.3 Å². The van der Waals surface area contributed by atoms with Gasteiger partial charge in [-0.2, -0.15) is 4.68 Å². The Balaban J connectivity index is 1.90. The van der Waals surface area contributed by atoms with E-state index in [9.17, 15) is 13.2 Å². The van der Waals surface area contributed by atoms with Gasteiger partial charge in [0, 0.05) is 6.42 Å². The summed E-state index contributed by atoms with van der Waals surface area (Å²) in [6.45, 7) is 0. The van der Waals surface area contributed by atoms with Crippen LogP contribution in [0.4, 0.5) is 0 Å². The number of tetrazole rings is 1. The van der Waals surface area contributed by atoms with Crippen molar-refractivity contribution in [2.75, 3.05) is 12.9 Å². The van der Waals surface area contributed by atoms with Crippen LogP contribution in [0.3, 0.4) is 0 Å². The van der Waals surface area contributed by atoms with E-state index < -0.39 is 9.84 Å². The molecule has 0 unspecified atom stereocenters. The Bertz CT molecular complexity index is 759. The van der Waals surface area contributed by atoms with Gasteiger partial charge < -0.3 is 4.74 Å². The molecule has 0 spiro atoms.